The quantitative estimate of drug-likeness (QED) is 0.482. The Kier molecular flexibility index (Phi) is 7.52. The molecule has 1 heterocycles. The minimum atomic E-state index is -3.46. The Morgan fingerprint density at radius 3 is 2.17 bits per heavy atom. The molecule has 1 saturated heterocycles. The Balaban J connectivity index is 1.66. The molecule has 7 heteroatoms. The van der Waals surface area contributed by atoms with E-state index in [0.717, 1.165) is 6.26 Å². The van der Waals surface area contributed by atoms with Crippen LogP contribution in [0, 0.1) is 0 Å². The zero-order valence-corrected chi connectivity index (χ0v) is 19.9. The molecule has 0 saturated carbocycles. The van der Waals surface area contributed by atoms with E-state index in [2.05, 4.69) is 57.2 Å². The smallest absolute Gasteiger partial charge is 0.283 e. The zero-order chi connectivity index (χ0) is 21.8. The van der Waals surface area contributed by atoms with Crippen LogP contribution in [0.5, 0.6) is 0 Å². The third-order valence-corrected chi connectivity index (χ3v) is 7.89. The summed E-state index contributed by atoms with van der Waals surface area (Å²) in [5.74, 6) is 0. The highest BCUT2D eigenvalue weighted by Gasteiger charge is 2.27. The van der Waals surface area contributed by atoms with Crippen molar-refractivity contribution in [1.29, 1.82) is 0 Å². The largest absolute Gasteiger partial charge is 0.405 e. The van der Waals surface area contributed by atoms with Crippen molar-refractivity contribution in [2.75, 3.05) is 19.5 Å². The van der Waals surface area contributed by atoms with Gasteiger partial charge in [-0.05, 0) is 34.2 Å². The molecule has 2 aromatic carbocycles. The van der Waals surface area contributed by atoms with E-state index in [-0.39, 0.29) is 18.1 Å². The number of ether oxygens (including phenoxy) is 1. The van der Waals surface area contributed by atoms with Crippen LogP contribution in [0.15, 0.2) is 54.6 Å². The molecule has 3 rings (SSSR count). The van der Waals surface area contributed by atoms with Gasteiger partial charge in [-0.1, -0.05) is 75.4 Å². The minimum absolute atomic E-state index is 0.0537. The highest BCUT2D eigenvalue weighted by atomic mass is 32.2. The molecule has 1 radical (unpaired) electrons. The lowest BCUT2D eigenvalue weighted by Crippen LogP contribution is -2.47. The van der Waals surface area contributed by atoms with E-state index >= 15 is 0 Å². The highest BCUT2D eigenvalue weighted by molar-refractivity contribution is 7.86. The molecule has 30 heavy (non-hydrogen) atoms. The fourth-order valence-corrected chi connectivity index (χ4v) is 6.09. The fraction of sp³-hybridized carbons (Fsp3) is 0.478. The Morgan fingerprint density at radius 1 is 1.00 bits per heavy atom. The van der Waals surface area contributed by atoms with Gasteiger partial charge in [0, 0.05) is 0 Å². The van der Waals surface area contributed by atoms with Crippen LogP contribution in [0.1, 0.15) is 39.2 Å². The molecule has 1 fully saturated rings. The molecule has 2 aromatic rings. The average Bonchev–Trinajstić information content (AvgIpc) is 2.69. The van der Waals surface area contributed by atoms with Gasteiger partial charge in [0.1, 0.15) is 6.10 Å². The van der Waals surface area contributed by atoms with Gasteiger partial charge in [-0.3, -0.25) is 4.18 Å². The molecular formula is C23H31O5SSi. The summed E-state index contributed by atoms with van der Waals surface area (Å²) in [5.41, 5.74) is 1.41. The molecule has 5 nitrogen and oxygen atoms in total. The molecule has 0 aromatic heterocycles. The number of rotatable bonds is 7. The second-order valence-electron chi connectivity index (χ2n) is 8.79. The molecule has 0 N–H and O–H groups in total. The van der Waals surface area contributed by atoms with Crippen molar-refractivity contribution in [3.8, 4) is 0 Å². The lowest BCUT2D eigenvalue weighted by Gasteiger charge is -2.29. The van der Waals surface area contributed by atoms with Crippen molar-refractivity contribution < 1.29 is 21.8 Å². The Bertz CT molecular complexity index is 899. The molecule has 0 spiro atoms. The first-order valence-electron chi connectivity index (χ1n) is 10.3. The predicted molar refractivity (Wildman–Crippen MR) is 121 cm³/mol. The molecule has 0 aliphatic carbocycles. The summed E-state index contributed by atoms with van der Waals surface area (Å²) in [7, 11) is -4.87. The first-order chi connectivity index (χ1) is 14.1. The maximum Gasteiger partial charge on any atom is 0.283 e. The third-order valence-electron chi connectivity index (χ3n) is 5.10. The van der Waals surface area contributed by atoms with Crippen molar-refractivity contribution in [2.45, 2.75) is 51.2 Å². The van der Waals surface area contributed by atoms with Crippen LogP contribution < -0.4 is 10.4 Å². The second-order valence-corrected chi connectivity index (χ2v) is 12.5. The van der Waals surface area contributed by atoms with Crippen LogP contribution in [-0.4, -0.2) is 49.1 Å². The van der Waals surface area contributed by atoms with Gasteiger partial charge in [-0.2, -0.15) is 8.42 Å². The molecule has 0 bridgehead atoms. The lowest BCUT2D eigenvalue weighted by atomic mass is 9.87. The van der Waals surface area contributed by atoms with Crippen LogP contribution in [0.3, 0.4) is 0 Å². The molecule has 0 amide bonds. The van der Waals surface area contributed by atoms with Gasteiger partial charge >= 0.3 is 0 Å². The molecule has 1 aliphatic heterocycles. The van der Waals surface area contributed by atoms with E-state index in [9.17, 15) is 8.42 Å². The first-order valence-corrected chi connectivity index (χ1v) is 13.5. The normalized spacial score (nSPS) is 20.4. The first kappa shape index (κ1) is 23.2. The molecule has 1 aliphatic rings. The Morgan fingerprint density at radius 2 is 1.63 bits per heavy atom. The molecule has 2 atom stereocenters. The van der Waals surface area contributed by atoms with Gasteiger partial charge in [0.05, 0.1) is 25.6 Å². The predicted octanol–water partition coefficient (Wildman–Crippen LogP) is 2.63. The van der Waals surface area contributed by atoms with Crippen molar-refractivity contribution in [3.05, 3.63) is 60.2 Å². The van der Waals surface area contributed by atoms with Gasteiger partial charge in [0.25, 0.3) is 19.2 Å². The summed E-state index contributed by atoms with van der Waals surface area (Å²) in [5, 5.41) is 2.40. The van der Waals surface area contributed by atoms with Crippen LogP contribution in [0.4, 0.5) is 0 Å². The SMILES string of the molecule is CC(C)(C)c1ccc([Si](OCC2CCC(OS(C)(=O)=O)CO2)c2ccccc2)cc1. The monoisotopic (exact) mass is 447 g/mol. The van der Waals surface area contributed by atoms with Gasteiger partial charge in [0.2, 0.25) is 0 Å². The van der Waals surface area contributed by atoms with Gasteiger partial charge in [-0.15, -0.1) is 0 Å². The molecule has 163 valence electrons. The topological polar surface area (TPSA) is 61.8 Å². The van der Waals surface area contributed by atoms with E-state index in [1.807, 2.05) is 18.2 Å². The molecule has 2 unspecified atom stereocenters. The summed E-state index contributed by atoms with van der Waals surface area (Å²) in [6.07, 6.45) is 1.98. The number of benzene rings is 2. The Hall–Kier alpha value is -1.51. The summed E-state index contributed by atoms with van der Waals surface area (Å²) in [4.78, 5) is 0. The lowest BCUT2D eigenvalue weighted by molar-refractivity contribution is -0.0597. The van der Waals surface area contributed by atoms with Crippen molar-refractivity contribution in [2.24, 2.45) is 0 Å². The maximum absolute atomic E-state index is 11.3. The minimum Gasteiger partial charge on any atom is -0.405 e. The zero-order valence-electron chi connectivity index (χ0n) is 18.1. The van der Waals surface area contributed by atoms with Crippen LogP contribution in [0.25, 0.3) is 0 Å². The van der Waals surface area contributed by atoms with Gasteiger partial charge in [0.15, 0.2) is 0 Å². The number of hydrogen-bond acceptors (Lipinski definition) is 5. The van der Waals surface area contributed by atoms with Crippen molar-refractivity contribution in [1.82, 2.24) is 0 Å². The third kappa shape index (κ3) is 6.75. The van der Waals surface area contributed by atoms with Crippen LogP contribution in [0.2, 0.25) is 0 Å². The molecular weight excluding hydrogens is 416 g/mol. The Labute approximate surface area is 182 Å². The number of hydrogen-bond donors (Lipinski definition) is 0. The highest BCUT2D eigenvalue weighted by Crippen LogP contribution is 2.21. The van der Waals surface area contributed by atoms with Gasteiger partial charge in [-0.25, -0.2) is 0 Å². The summed E-state index contributed by atoms with van der Waals surface area (Å²) in [6.45, 7) is 7.39. The van der Waals surface area contributed by atoms with E-state index in [4.69, 9.17) is 13.3 Å². The van der Waals surface area contributed by atoms with Crippen molar-refractivity contribution in [3.63, 3.8) is 0 Å². The standard InChI is InChI=1S/C23H31O5SSi/c1-23(2,3)18-10-14-22(15-11-18)30(21-8-6-5-7-9-21)27-17-19-12-13-20(16-26-19)28-29(4,24)25/h5-11,14-15,19-20H,12-13,16-17H2,1-4H3. The van der Waals surface area contributed by atoms with Crippen LogP contribution >= 0.6 is 0 Å². The summed E-state index contributed by atoms with van der Waals surface area (Å²) < 4.78 is 39.9. The second kappa shape index (κ2) is 9.74. The van der Waals surface area contributed by atoms with E-state index in [0.29, 0.717) is 19.4 Å². The van der Waals surface area contributed by atoms with E-state index in [1.54, 1.807) is 0 Å². The van der Waals surface area contributed by atoms with Gasteiger partial charge < -0.3 is 9.16 Å². The van der Waals surface area contributed by atoms with E-state index in [1.165, 1.54) is 15.9 Å². The van der Waals surface area contributed by atoms with Crippen LogP contribution in [-0.2, 0) is 28.9 Å². The average molecular weight is 448 g/mol. The fourth-order valence-electron chi connectivity index (χ4n) is 3.46. The maximum atomic E-state index is 11.3. The summed E-state index contributed by atoms with van der Waals surface area (Å²) in [6, 6.07) is 19.1. The van der Waals surface area contributed by atoms with Crippen molar-refractivity contribution >= 4 is 29.5 Å². The van der Waals surface area contributed by atoms with E-state index < -0.39 is 25.3 Å². The summed E-state index contributed by atoms with van der Waals surface area (Å²) >= 11 is 0.